The van der Waals surface area contributed by atoms with Crippen molar-refractivity contribution in [2.45, 2.75) is 59.3 Å². The molecular formula is C13H27OS+. The van der Waals surface area contributed by atoms with Gasteiger partial charge in [-0.05, 0) is 30.2 Å². The highest BCUT2D eigenvalue weighted by molar-refractivity contribution is 7.97. The Morgan fingerprint density at radius 2 is 1.47 bits per heavy atom. The molecule has 2 heteroatoms. The Kier molecular flexibility index (Phi) is 10.5. The molecule has 0 N–H and O–H groups in total. The monoisotopic (exact) mass is 231 g/mol. The minimum atomic E-state index is 0.395. The number of ketones is 1. The highest BCUT2D eigenvalue weighted by Crippen LogP contribution is 2.07. The first-order valence-corrected chi connectivity index (χ1v) is 8.13. The molecule has 0 aromatic carbocycles. The van der Waals surface area contributed by atoms with Crippen molar-refractivity contribution in [2.75, 3.05) is 17.3 Å². The standard InChI is InChI=1S/C13H27OS/c1-4-7-10-15(11-8-5-2)12-13(14)9-6-3/h4-12H2,1-3H3/q+1. The summed E-state index contributed by atoms with van der Waals surface area (Å²) in [4.78, 5) is 11.6. The summed E-state index contributed by atoms with van der Waals surface area (Å²) in [6.45, 7) is 6.55. The molecule has 0 fully saturated rings. The van der Waals surface area contributed by atoms with Crippen LogP contribution >= 0.6 is 0 Å². The van der Waals surface area contributed by atoms with Crippen molar-refractivity contribution in [3.63, 3.8) is 0 Å². The van der Waals surface area contributed by atoms with E-state index in [0.717, 1.165) is 18.6 Å². The van der Waals surface area contributed by atoms with E-state index in [-0.39, 0.29) is 0 Å². The van der Waals surface area contributed by atoms with E-state index < -0.39 is 0 Å². The maximum atomic E-state index is 11.6. The molecule has 0 saturated heterocycles. The van der Waals surface area contributed by atoms with Crippen LogP contribution in [0.1, 0.15) is 59.3 Å². The van der Waals surface area contributed by atoms with E-state index in [1.807, 2.05) is 0 Å². The van der Waals surface area contributed by atoms with Gasteiger partial charge < -0.3 is 0 Å². The van der Waals surface area contributed by atoms with Crippen LogP contribution in [0.15, 0.2) is 0 Å². The molecule has 0 aromatic rings. The van der Waals surface area contributed by atoms with Gasteiger partial charge >= 0.3 is 0 Å². The third-order valence-electron chi connectivity index (χ3n) is 2.47. The van der Waals surface area contributed by atoms with Crippen molar-refractivity contribution in [2.24, 2.45) is 0 Å². The van der Waals surface area contributed by atoms with Crippen LogP contribution in [0.5, 0.6) is 0 Å². The Bertz CT molecular complexity index is 149. The van der Waals surface area contributed by atoms with Crippen LogP contribution < -0.4 is 0 Å². The van der Waals surface area contributed by atoms with Gasteiger partial charge in [0.1, 0.15) is 11.5 Å². The zero-order valence-corrected chi connectivity index (χ0v) is 11.5. The quantitative estimate of drug-likeness (QED) is 0.525. The van der Waals surface area contributed by atoms with E-state index in [1.165, 1.54) is 37.2 Å². The molecular weight excluding hydrogens is 204 g/mol. The van der Waals surface area contributed by atoms with Crippen LogP contribution in [0.25, 0.3) is 0 Å². The van der Waals surface area contributed by atoms with E-state index in [2.05, 4.69) is 20.8 Å². The highest BCUT2D eigenvalue weighted by Gasteiger charge is 2.20. The molecule has 0 radical (unpaired) electrons. The average molecular weight is 231 g/mol. The molecule has 15 heavy (non-hydrogen) atoms. The van der Waals surface area contributed by atoms with Crippen molar-refractivity contribution in [3.05, 3.63) is 0 Å². The minimum Gasteiger partial charge on any atom is -0.294 e. The summed E-state index contributed by atoms with van der Waals surface area (Å²) in [7, 11) is 0.395. The lowest BCUT2D eigenvalue weighted by Crippen LogP contribution is -2.22. The number of unbranched alkanes of at least 4 members (excludes halogenated alkanes) is 2. The molecule has 0 spiro atoms. The first-order valence-electron chi connectivity index (χ1n) is 6.40. The van der Waals surface area contributed by atoms with Crippen molar-refractivity contribution >= 4 is 16.7 Å². The zero-order chi connectivity index (χ0) is 11.5. The lowest BCUT2D eigenvalue weighted by Gasteiger charge is -2.07. The van der Waals surface area contributed by atoms with Gasteiger partial charge in [-0.15, -0.1) is 0 Å². The van der Waals surface area contributed by atoms with Gasteiger partial charge in [-0.2, -0.15) is 0 Å². The van der Waals surface area contributed by atoms with Gasteiger partial charge in [0.15, 0.2) is 11.5 Å². The Hall–Kier alpha value is 0.0200. The smallest absolute Gasteiger partial charge is 0.181 e. The number of carbonyl (C=O) groups excluding carboxylic acids is 1. The van der Waals surface area contributed by atoms with Crippen LogP contribution in [0.3, 0.4) is 0 Å². The molecule has 0 saturated carbocycles. The normalized spacial score (nSPS) is 10.9. The number of rotatable bonds is 10. The minimum absolute atomic E-state index is 0.395. The SMILES string of the molecule is CCCC[S+](CCCC)CC(=O)CCC. The second-order valence-electron chi connectivity index (χ2n) is 4.16. The van der Waals surface area contributed by atoms with E-state index in [1.54, 1.807) is 0 Å². The lowest BCUT2D eigenvalue weighted by atomic mass is 10.3. The summed E-state index contributed by atoms with van der Waals surface area (Å²) in [6, 6.07) is 0. The largest absolute Gasteiger partial charge is 0.294 e. The fourth-order valence-corrected chi connectivity index (χ4v) is 4.01. The Balaban J connectivity index is 3.82. The molecule has 0 aliphatic heterocycles. The van der Waals surface area contributed by atoms with Crippen molar-refractivity contribution in [1.29, 1.82) is 0 Å². The van der Waals surface area contributed by atoms with Crippen LogP contribution in [0.2, 0.25) is 0 Å². The van der Waals surface area contributed by atoms with E-state index in [4.69, 9.17) is 0 Å². The van der Waals surface area contributed by atoms with Crippen LogP contribution in [0, 0.1) is 0 Å². The van der Waals surface area contributed by atoms with Crippen LogP contribution in [0.4, 0.5) is 0 Å². The van der Waals surface area contributed by atoms with Crippen molar-refractivity contribution in [1.82, 2.24) is 0 Å². The zero-order valence-electron chi connectivity index (χ0n) is 10.7. The van der Waals surface area contributed by atoms with Gasteiger partial charge in [-0.1, -0.05) is 33.6 Å². The molecule has 0 heterocycles. The molecule has 0 atom stereocenters. The Morgan fingerprint density at radius 3 is 1.87 bits per heavy atom. The number of hydrogen-bond acceptors (Lipinski definition) is 1. The predicted molar refractivity (Wildman–Crippen MR) is 71.7 cm³/mol. The second kappa shape index (κ2) is 10.5. The van der Waals surface area contributed by atoms with Gasteiger partial charge in [0.05, 0.1) is 0 Å². The lowest BCUT2D eigenvalue weighted by molar-refractivity contribution is -0.116. The summed E-state index contributed by atoms with van der Waals surface area (Å²) in [5, 5.41) is 0. The number of hydrogen-bond donors (Lipinski definition) is 0. The summed E-state index contributed by atoms with van der Waals surface area (Å²) in [6.07, 6.45) is 6.92. The second-order valence-corrected chi connectivity index (χ2v) is 6.49. The molecule has 1 nitrogen and oxygen atoms in total. The highest BCUT2D eigenvalue weighted by atomic mass is 32.2. The maximum Gasteiger partial charge on any atom is 0.181 e. The third kappa shape index (κ3) is 8.98. The van der Waals surface area contributed by atoms with E-state index in [0.29, 0.717) is 16.7 Å². The first kappa shape index (κ1) is 15.0. The Labute approximate surface area is 98.4 Å². The molecule has 90 valence electrons. The number of carbonyl (C=O) groups is 1. The van der Waals surface area contributed by atoms with Crippen LogP contribution in [-0.4, -0.2) is 23.0 Å². The van der Waals surface area contributed by atoms with Gasteiger partial charge in [0.25, 0.3) is 0 Å². The number of Topliss-reactive ketones (excluding diaryl/α,β-unsaturated/α-hetero) is 1. The molecule has 0 unspecified atom stereocenters. The summed E-state index contributed by atoms with van der Waals surface area (Å²) in [5.74, 6) is 3.93. The van der Waals surface area contributed by atoms with Crippen molar-refractivity contribution < 1.29 is 4.79 Å². The average Bonchev–Trinajstić information content (AvgIpc) is 2.22. The molecule has 0 bridgehead atoms. The molecule has 0 aliphatic rings. The third-order valence-corrected chi connectivity index (χ3v) is 4.93. The predicted octanol–water partition coefficient (Wildman–Crippen LogP) is 3.57. The summed E-state index contributed by atoms with van der Waals surface area (Å²) >= 11 is 0. The van der Waals surface area contributed by atoms with E-state index >= 15 is 0 Å². The van der Waals surface area contributed by atoms with Gasteiger partial charge in [0.2, 0.25) is 0 Å². The fourth-order valence-electron chi connectivity index (χ4n) is 1.52. The van der Waals surface area contributed by atoms with Gasteiger partial charge in [-0.3, -0.25) is 4.79 Å². The topological polar surface area (TPSA) is 17.1 Å². The molecule has 0 aliphatic carbocycles. The molecule has 0 aromatic heterocycles. The summed E-state index contributed by atoms with van der Waals surface area (Å²) in [5.41, 5.74) is 0. The van der Waals surface area contributed by atoms with Crippen molar-refractivity contribution in [3.8, 4) is 0 Å². The van der Waals surface area contributed by atoms with E-state index in [9.17, 15) is 4.79 Å². The van der Waals surface area contributed by atoms with Gasteiger partial charge in [0, 0.05) is 6.42 Å². The first-order chi connectivity index (χ1) is 7.24. The summed E-state index contributed by atoms with van der Waals surface area (Å²) < 4.78 is 0. The fraction of sp³-hybridized carbons (Fsp3) is 0.923. The molecule has 0 amide bonds. The Morgan fingerprint density at radius 1 is 0.933 bits per heavy atom. The maximum absolute atomic E-state index is 11.6. The molecule has 0 rings (SSSR count). The van der Waals surface area contributed by atoms with Gasteiger partial charge in [-0.25, -0.2) is 0 Å². The van der Waals surface area contributed by atoms with Crippen LogP contribution in [-0.2, 0) is 15.7 Å².